The van der Waals surface area contributed by atoms with Crippen LogP contribution in [0.25, 0.3) is 11.4 Å². The molecule has 0 spiro atoms. The Morgan fingerprint density at radius 1 is 0.885 bits per heavy atom. The Bertz CT molecular complexity index is 774. The summed E-state index contributed by atoms with van der Waals surface area (Å²) >= 11 is 0. The number of piperazine rings is 1. The molecule has 1 saturated heterocycles. The molecule has 2 heterocycles. The fourth-order valence-electron chi connectivity index (χ4n) is 2.94. The Kier molecular flexibility index (Phi) is 5.02. The Morgan fingerprint density at radius 2 is 1.42 bits per heavy atom. The molecule has 3 rings (SSSR count). The van der Waals surface area contributed by atoms with E-state index >= 15 is 0 Å². The smallest absolute Gasteiger partial charge is 0.257 e. The van der Waals surface area contributed by atoms with E-state index in [-0.39, 0.29) is 11.8 Å². The van der Waals surface area contributed by atoms with Gasteiger partial charge in [-0.1, -0.05) is 51.1 Å². The van der Waals surface area contributed by atoms with Crippen molar-refractivity contribution in [3.05, 3.63) is 48.3 Å². The first-order chi connectivity index (χ1) is 12.4. The Hall–Kier alpha value is -2.76. The van der Waals surface area contributed by atoms with Gasteiger partial charge in [-0.3, -0.25) is 9.59 Å². The lowest BCUT2D eigenvalue weighted by Crippen LogP contribution is -2.53. The maximum atomic E-state index is 12.7. The lowest BCUT2D eigenvalue weighted by Gasteiger charge is -2.37. The second-order valence-electron chi connectivity index (χ2n) is 7.50. The SMILES string of the molecule is CC(C)(C)C(=O)N1CCN(C(=O)c2cnc(-c3ccccc3)nc2)CC1. The van der Waals surface area contributed by atoms with E-state index in [1.807, 2.05) is 56.0 Å². The molecule has 1 aliphatic rings. The van der Waals surface area contributed by atoms with Crippen LogP contribution in [0, 0.1) is 5.41 Å². The van der Waals surface area contributed by atoms with Gasteiger partial charge in [0.05, 0.1) is 5.56 Å². The first-order valence-corrected chi connectivity index (χ1v) is 8.82. The van der Waals surface area contributed by atoms with Crippen LogP contribution in [-0.2, 0) is 4.79 Å². The van der Waals surface area contributed by atoms with Crippen LogP contribution in [-0.4, -0.2) is 57.8 Å². The minimum absolute atomic E-state index is 0.0903. The third-order valence-corrected chi connectivity index (χ3v) is 4.43. The molecule has 1 aromatic heterocycles. The van der Waals surface area contributed by atoms with E-state index < -0.39 is 5.41 Å². The standard InChI is InChI=1S/C20H24N4O2/c1-20(2,3)19(26)24-11-9-23(10-12-24)18(25)16-13-21-17(22-14-16)15-7-5-4-6-8-15/h4-8,13-14H,9-12H2,1-3H3. The molecule has 2 aromatic rings. The van der Waals surface area contributed by atoms with E-state index in [4.69, 9.17) is 0 Å². The molecule has 1 aromatic carbocycles. The highest BCUT2D eigenvalue weighted by Gasteiger charge is 2.31. The van der Waals surface area contributed by atoms with Gasteiger partial charge >= 0.3 is 0 Å². The van der Waals surface area contributed by atoms with Crippen LogP contribution in [0.4, 0.5) is 0 Å². The van der Waals surface area contributed by atoms with E-state index in [1.54, 1.807) is 17.3 Å². The summed E-state index contributed by atoms with van der Waals surface area (Å²) in [5.74, 6) is 0.635. The van der Waals surface area contributed by atoms with Gasteiger partial charge in [-0.15, -0.1) is 0 Å². The third-order valence-electron chi connectivity index (χ3n) is 4.43. The van der Waals surface area contributed by atoms with Crippen LogP contribution in [0.5, 0.6) is 0 Å². The quantitative estimate of drug-likeness (QED) is 0.833. The van der Waals surface area contributed by atoms with Crippen LogP contribution in [0.1, 0.15) is 31.1 Å². The Morgan fingerprint density at radius 3 is 1.96 bits per heavy atom. The summed E-state index contributed by atoms with van der Waals surface area (Å²) in [5, 5.41) is 0. The largest absolute Gasteiger partial charge is 0.339 e. The van der Waals surface area contributed by atoms with Crippen LogP contribution in [0.3, 0.4) is 0 Å². The summed E-state index contributed by atoms with van der Waals surface area (Å²) in [6.07, 6.45) is 3.15. The van der Waals surface area contributed by atoms with E-state index in [0.29, 0.717) is 37.6 Å². The van der Waals surface area contributed by atoms with Crippen LogP contribution in [0.2, 0.25) is 0 Å². The molecule has 6 nitrogen and oxygen atoms in total. The Labute approximate surface area is 153 Å². The monoisotopic (exact) mass is 352 g/mol. The van der Waals surface area contributed by atoms with Crippen molar-refractivity contribution in [3.63, 3.8) is 0 Å². The number of hydrogen-bond acceptors (Lipinski definition) is 4. The molecule has 0 radical (unpaired) electrons. The number of aromatic nitrogens is 2. The predicted molar refractivity (Wildman–Crippen MR) is 99.4 cm³/mol. The normalized spacial score (nSPS) is 15.0. The molecule has 0 unspecified atom stereocenters. The van der Waals surface area contributed by atoms with Crippen LogP contribution in [0.15, 0.2) is 42.7 Å². The molecule has 1 fully saturated rings. The van der Waals surface area contributed by atoms with Gasteiger partial charge in [-0.2, -0.15) is 0 Å². The molecule has 6 heteroatoms. The summed E-state index contributed by atoms with van der Waals surface area (Å²) < 4.78 is 0. The molecular formula is C20H24N4O2. The number of hydrogen-bond donors (Lipinski definition) is 0. The topological polar surface area (TPSA) is 66.4 Å². The van der Waals surface area contributed by atoms with E-state index in [0.717, 1.165) is 5.56 Å². The van der Waals surface area contributed by atoms with Gasteiger partial charge in [0.25, 0.3) is 5.91 Å². The van der Waals surface area contributed by atoms with Gasteiger partial charge in [-0.05, 0) is 0 Å². The lowest BCUT2D eigenvalue weighted by molar-refractivity contribution is -0.140. The summed E-state index contributed by atoms with van der Waals surface area (Å²) in [6.45, 7) is 7.92. The number of nitrogens with zero attached hydrogens (tertiary/aromatic N) is 4. The average Bonchev–Trinajstić information content (AvgIpc) is 2.67. The van der Waals surface area contributed by atoms with Gasteiger partial charge in [0.1, 0.15) is 0 Å². The number of carbonyl (C=O) groups is 2. The fourth-order valence-corrected chi connectivity index (χ4v) is 2.94. The fraction of sp³-hybridized carbons (Fsp3) is 0.400. The molecule has 26 heavy (non-hydrogen) atoms. The molecule has 0 aliphatic carbocycles. The van der Waals surface area contributed by atoms with Gasteiger partial charge < -0.3 is 9.80 Å². The zero-order valence-electron chi connectivity index (χ0n) is 15.5. The van der Waals surface area contributed by atoms with E-state index in [1.165, 1.54) is 0 Å². The summed E-state index contributed by atoms with van der Waals surface area (Å²) in [4.78, 5) is 37.2. The molecule has 0 atom stereocenters. The first-order valence-electron chi connectivity index (χ1n) is 8.82. The first kappa shape index (κ1) is 18.0. The average molecular weight is 352 g/mol. The summed E-state index contributed by atoms with van der Waals surface area (Å²) in [7, 11) is 0. The van der Waals surface area contributed by atoms with Crippen molar-refractivity contribution < 1.29 is 9.59 Å². The third kappa shape index (κ3) is 3.90. The maximum absolute atomic E-state index is 12.7. The highest BCUT2D eigenvalue weighted by molar-refractivity contribution is 5.94. The van der Waals surface area contributed by atoms with Crippen molar-refractivity contribution in [2.75, 3.05) is 26.2 Å². The second-order valence-corrected chi connectivity index (χ2v) is 7.50. The number of benzene rings is 1. The highest BCUT2D eigenvalue weighted by Crippen LogP contribution is 2.19. The van der Waals surface area contributed by atoms with Gasteiger partial charge in [0.15, 0.2) is 5.82 Å². The minimum Gasteiger partial charge on any atom is -0.339 e. The van der Waals surface area contributed by atoms with Crippen molar-refractivity contribution in [2.45, 2.75) is 20.8 Å². The predicted octanol–water partition coefficient (Wildman–Crippen LogP) is 2.47. The summed E-state index contributed by atoms with van der Waals surface area (Å²) in [6, 6.07) is 9.66. The van der Waals surface area contributed by atoms with E-state index in [2.05, 4.69) is 9.97 Å². The van der Waals surface area contributed by atoms with E-state index in [9.17, 15) is 9.59 Å². The van der Waals surface area contributed by atoms with Crippen molar-refractivity contribution in [1.82, 2.24) is 19.8 Å². The lowest BCUT2D eigenvalue weighted by atomic mass is 9.94. The maximum Gasteiger partial charge on any atom is 0.257 e. The molecular weight excluding hydrogens is 328 g/mol. The Balaban J connectivity index is 1.63. The molecule has 136 valence electrons. The van der Waals surface area contributed by atoms with Gasteiger partial charge in [0, 0.05) is 49.6 Å². The van der Waals surface area contributed by atoms with Gasteiger partial charge in [0.2, 0.25) is 5.91 Å². The molecule has 2 amide bonds. The van der Waals surface area contributed by atoms with Crippen molar-refractivity contribution in [1.29, 1.82) is 0 Å². The van der Waals surface area contributed by atoms with Crippen molar-refractivity contribution in [2.24, 2.45) is 5.41 Å². The molecule has 0 saturated carbocycles. The number of rotatable bonds is 2. The van der Waals surface area contributed by atoms with Crippen LogP contribution >= 0.6 is 0 Å². The second kappa shape index (κ2) is 7.23. The van der Waals surface area contributed by atoms with Crippen LogP contribution < -0.4 is 0 Å². The van der Waals surface area contributed by atoms with Gasteiger partial charge in [-0.25, -0.2) is 9.97 Å². The number of amides is 2. The number of carbonyl (C=O) groups excluding carboxylic acids is 2. The van der Waals surface area contributed by atoms with Crippen molar-refractivity contribution >= 4 is 11.8 Å². The molecule has 0 N–H and O–H groups in total. The zero-order valence-corrected chi connectivity index (χ0v) is 15.5. The zero-order chi connectivity index (χ0) is 18.7. The highest BCUT2D eigenvalue weighted by atomic mass is 16.2. The minimum atomic E-state index is -0.396. The molecule has 0 bridgehead atoms. The molecule has 1 aliphatic heterocycles. The van der Waals surface area contributed by atoms with Crippen molar-refractivity contribution in [3.8, 4) is 11.4 Å². The summed E-state index contributed by atoms with van der Waals surface area (Å²) in [5.41, 5.74) is 0.994.